The lowest BCUT2D eigenvalue weighted by Crippen LogP contribution is -2.56. The predicted octanol–water partition coefficient (Wildman–Crippen LogP) is 7.71. The van der Waals surface area contributed by atoms with Crippen LogP contribution in [0, 0.1) is 58.2 Å². The van der Waals surface area contributed by atoms with Crippen LogP contribution in [0.5, 0.6) is 0 Å². The molecule has 0 aliphatic heterocycles. The Morgan fingerprint density at radius 1 is 0.793 bits per heavy atom. The molecule has 1 nitrogen and oxygen atoms in total. The molecule has 0 spiro atoms. The molecule has 1 heteroatoms. The van der Waals surface area contributed by atoms with Crippen molar-refractivity contribution >= 4 is 0 Å². The van der Waals surface area contributed by atoms with Crippen molar-refractivity contribution in [3.63, 3.8) is 0 Å². The Morgan fingerprint density at radius 2 is 1.45 bits per heavy atom. The van der Waals surface area contributed by atoms with Crippen LogP contribution in [0.2, 0.25) is 0 Å². The first-order valence-corrected chi connectivity index (χ1v) is 13.4. The largest absolute Gasteiger partial charge is 0.393 e. The van der Waals surface area contributed by atoms with Gasteiger partial charge in [-0.15, -0.1) is 0 Å². The van der Waals surface area contributed by atoms with Crippen molar-refractivity contribution in [2.75, 3.05) is 0 Å². The maximum absolute atomic E-state index is 10.5. The molecule has 0 heterocycles. The van der Waals surface area contributed by atoms with Gasteiger partial charge >= 0.3 is 0 Å². The molecule has 29 heavy (non-hydrogen) atoms. The van der Waals surface area contributed by atoms with Crippen LogP contribution in [0.25, 0.3) is 0 Å². The molecule has 0 amide bonds. The summed E-state index contributed by atoms with van der Waals surface area (Å²) in [6.07, 6.45) is 15.4. The van der Waals surface area contributed by atoms with Gasteiger partial charge in [0.1, 0.15) is 0 Å². The van der Waals surface area contributed by atoms with Crippen molar-refractivity contribution in [3.05, 3.63) is 0 Å². The van der Waals surface area contributed by atoms with Gasteiger partial charge < -0.3 is 5.11 Å². The van der Waals surface area contributed by atoms with Crippen LogP contribution in [0.1, 0.15) is 112 Å². The highest BCUT2D eigenvalue weighted by atomic mass is 16.3. The molecule has 4 rings (SSSR count). The summed E-state index contributed by atoms with van der Waals surface area (Å²) in [7, 11) is 0. The zero-order valence-corrected chi connectivity index (χ0v) is 20.4. The second kappa shape index (κ2) is 8.14. The van der Waals surface area contributed by atoms with E-state index in [0.29, 0.717) is 16.7 Å². The van der Waals surface area contributed by atoms with Crippen LogP contribution >= 0.6 is 0 Å². The standard InChI is InChI=1S/C28H50O/c1-18(2)8-7-9-19(3)22-12-13-24-21-10-11-23-20(4)26(29)15-17-28(23,6)25(21)14-16-27(22,24)5/h18-26,29H,7-17H2,1-6H3/t19-,20+,21+,22+,23-,24-,25-,26-,27-,28+/m0/s1. The van der Waals surface area contributed by atoms with Crippen LogP contribution in [0.15, 0.2) is 0 Å². The summed E-state index contributed by atoms with van der Waals surface area (Å²) in [6.45, 7) is 15.0. The smallest absolute Gasteiger partial charge is 0.0568 e. The van der Waals surface area contributed by atoms with E-state index in [1.807, 2.05) is 0 Å². The Morgan fingerprint density at radius 3 is 2.17 bits per heavy atom. The van der Waals surface area contributed by atoms with Gasteiger partial charge in [-0.05, 0) is 110 Å². The number of rotatable bonds is 5. The van der Waals surface area contributed by atoms with E-state index in [-0.39, 0.29) is 6.10 Å². The highest BCUT2D eigenvalue weighted by Crippen LogP contribution is 2.68. The lowest BCUT2D eigenvalue weighted by molar-refractivity contribution is -0.149. The molecule has 10 atom stereocenters. The molecule has 0 unspecified atom stereocenters. The molecule has 4 fully saturated rings. The van der Waals surface area contributed by atoms with Crippen molar-refractivity contribution in [1.29, 1.82) is 0 Å². The minimum Gasteiger partial charge on any atom is -0.393 e. The second-order valence-electron chi connectivity index (χ2n) is 13.1. The van der Waals surface area contributed by atoms with Gasteiger partial charge in [0.25, 0.3) is 0 Å². The number of aliphatic hydroxyl groups is 1. The molecule has 0 saturated heterocycles. The van der Waals surface area contributed by atoms with Crippen LogP contribution in [0.4, 0.5) is 0 Å². The first-order chi connectivity index (χ1) is 13.7. The molecule has 0 aromatic carbocycles. The van der Waals surface area contributed by atoms with Gasteiger partial charge in [0.05, 0.1) is 6.10 Å². The molecule has 4 aliphatic carbocycles. The van der Waals surface area contributed by atoms with Crippen LogP contribution in [-0.4, -0.2) is 11.2 Å². The minimum atomic E-state index is -0.0407. The predicted molar refractivity (Wildman–Crippen MR) is 124 cm³/mol. The molecule has 0 aromatic rings. The molecule has 4 aliphatic rings. The van der Waals surface area contributed by atoms with Crippen molar-refractivity contribution in [2.24, 2.45) is 58.2 Å². The molecule has 168 valence electrons. The monoisotopic (exact) mass is 402 g/mol. The quantitative estimate of drug-likeness (QED) is 0.499. The molecule has 0 radical (unpaired) electrons. The Bertz CT molecular complexity index is 569. The first-order valence-electron chi connectivity index (χ1n) is 13.4. The summed E-state index contributed by atoms with van der Waals surface area (Å²) in [5.41, 5.74) is 1.12. The summed E-state index contributed by atoms with van der Waals surface area (Å²) in [5, 5.41) is 10.5. The summed E-state index contributed by atoms with van der Waals surface area (Å²) in [5.74, 6) is 6.92. The lowest BCUT2D eigenvalue weighted by atomic mass is 9.43. The maximum Gasteiger partial charge on any atom is 0.0568 e. The zero-order valence-electron chi connectivity index (χ0n) is 20.4. The third-order valence-corrected chi connectivity index (χ3v) is 11.4. The van der Waals surface area contributed by atoms with Crippen molar-refractivity contribution in [3.8, 4) is 0 Å². The van der Waals surface area contributed by atoms with E-state index >= 15 is 0 Å². The Labute approximate surface area is 181 Å². The fourth-order valence-corrected chi connectivity index (χ4v) is 9.73. The average molecular weight is 403 g/mol. The topological polar surface area (TPSA) is 20.2 Å². The van der Waals surface area contributed by atoms with E-state index < -0.39 is 0 Å². The van der Waals surface area contributed by atoms with E-state index in [1.54, 1.807) is 0 Å². The highest BCUT2D eigenvalue weighted by molar-refractivity contribution is 5.10. The molecule has 0 aromatic heterocycles. The van der Waals surface area contributed by atoms with Gasteiger partial charge in [0.2, 0.25) is 0 Å². The highest BCUT2D eigenvalue weighted by Gasteiger charge is 2.61. The van der Waals surface area contributed by atoms with Gasteiger partial charge in [-0.2, -0.15) is 0 Å². The summed E-state index contributed by atoms with van der Waals surface area (Å²) >= 11 is 0. The van der Waals surface area contributed by atoms with Gasteiger partial charge in [-0.25, -0.2) is 0 Å². The van der Waals surface area contributed by atoms with Crippen molar-refractivity contribution in [1.82, 2.24) is 0 Å². The van der Waals surface area contributed by atoms with E-state index in [1.165, 1.54) is 64.2 Å². The summed E-state index contributed by atoms with van der Waals surface area (Å²) in [4.78, 5) is 0. The SMILES string of the molecule is CC(C)CCC[C@H](C)[C@H]1CC[C@H]2[C@H]3CC[C@H]4[C@@H](C)[C@@H](O)CC[C@@]4(C)[C@H]3CC[C@@]12C. The number of fused-ring (bicyclic) bond motifs is 5. The molecule has 1 N–H and O–H groups in total. The molecule has 4 saturated carbocycles. The van der Waals surface area contributed by atoms with Gasteiger partial charge in [0.15, 0.2) is 0 Å². The van der Waals surface area contributed by atoms with E-state index in [2.05, 4.69) is 41.5 Å². The second-order valence-corrected chi connectivity index (χ2v) is 13.1. The van der Waals surface area contributed by atoms with Gasteiger partial charge in [-0.1, -0.05) is 60.8 Å². The van der Waals surface area contributed by atoms with E-state index in [4.69, 9.17) is 0 Å². The summed E-state index contributed by atoms with van der Waals surface area (Å²) < 4.78 is 0. The minimum absolute atomic E-state index is 0.0407. The first kappa shape index (κ1) is 22.2. The third-order valence-electron chi connectivity index (χ3n) is 11.4. The van der Waals surface area contributed by atoms with E-state index in [9.17, 15) is 5.11 Å². The van der Waals surface area contributed by atoms with Crippen molar-refractivity contribution in [2.45, 2.75) is 118 Å². The van der Waals surface area contributed by atoms with E-state index in [0.717, 1.165) is 47.8 Å². The Hall–Kier alpha value is -0.0400. The number of hydrogen-bond acceptors (Lipinski definition) is 1. The zero-order chi connectivity index (χ0) is 21.0. The lowest BCUT2D eigenvalue weighted by Gasteiger charge is -2.62. The molecular weight excluding hydrogens is 352 g/mol. The Kier molecular flexibility index (Phi) is 6.22. The van der Waals surface area contributed by atoms with Crippen LogP contribution in [-0.2, 0) is 0 Å². The fraction of sp³-hybridized carbons (Fsp3) is 1.00. The fourth-order valence-electron chi connectivity index (χ4n) is 9.73. The number of aliphatic hydroxyl groups excluding tert-OH is 1. The third kappa shape index (κ3) is 3.64. The Balaban J connectivity index is 1.48. The van der Waals surface area contributed by atoms with Gasteiger partial charge in [-0.3, -0.25) is 0 Å². The van der Waals surface area contributed by atoms with Crippen LogP contribution < -0.4 is 0 Å². The normalized spacial score (nSPS) is 50.7. The molecular formula is C28H50O. The van der Waals surface area contributed by atoms with Crippen LogP contribution in [0.3, 0.4) is 0 Å². The van der Waals surface area contributed by atoms with Gasteiger partial charge in [0, 0.05) is 0 Å². The average Bonchev–Trinajstić information content (AvgIpc) is 3.02. The summed E-state index contributed by atoms with van der Waals surface area (Å²) in [6, 6.07) is 0. The maximum atomic E-state index is 10.5. The van der Waals surface area contributed by atoms with Crippen molar-refractivity contribution < 1.29 is 5.11 Å². The number of hydrogen-bond donors (Lipinski definition) is 1. The molecule has 0 bridgehead atoms.